The number of carbonyl (C=O) groups is 2. The van der Waals surface area contributed by atoms with Gasteiger partial charge in [0.2, 0.25) is 5.76 Å². The van der Waals surface area contributed by atoms with Gasteiger partial charge in [0.05, 0.1) is 12.0 Å². The molecular weight excluding hydrogens is 322 g/mol. The van der Waals surface area contributed by atoms with Crippen LogP contribution >= 0.6 is 0 Å². The van der Waals surface area contributed by atoms with Crippen LogP contribution in [0, 0.1) is 0 Å². The van der Waals surface area contributed by atoms with Crippen LogP contribution in [-0.4, -0.2) is 41.0 Å². The van der Waals surface area contributed by atoms with Crippen LogP contribution in [-0.2, 0) is 12.8 Å². The molecule has 1 saturated heterocycles. The monoisotopic (exact) mass is 343 g/mol. The highest BCUT2D eigenvalue weighted by atomic mass is 16.5. The fraction of sp³-hybridized carbons (Fsp3) is 0.500. The van der Waals surface area contributed by atoms with Crippen LogP contribution in [0.2, 0.25) is 0 Å². The minimum atomic E-state index is -0.229. The molecule has 1 fully saturated rings. The molecule has 1 aliphatic heterocycles. The molecule has 7 heteroatoms. The van der Waals surface area contributed by atoms with E-state index >= 15 is 0 Å². The molecule has 1 aliphatic carbocycles. The maximum absolute atomic E-state index is 12.6. The second kappa shape index (κ2) is 6.74. The van der Waals surface area contributed by atoms with Crippen molar-refractivity contribution in [1.82, 2.24) is 15.4 Å². The predicted molar refractivity (Wildman–Crippen MR) is 88.2 cm³/mol. The molecule has 0 bridgehead atoms. The van der Waals surface area contributed by atoms with Crippen LogP contribution in [0.1, 0.15) is 58.1 Å². The van der Waals surface area contributed by atoms with Gasteiger partial charge in [0.25, 0.3) is 11.8 Å². The molecule has 2 aromatic rings. The second-order valence-electron chi connectivity index (χ2n) is 6.69. The SMILES string of the molecule is O=C(NC1CCCN(C(=O)c2ccco2)C1)c1onc2c1CCCC2. The largest absolute Gasteiger partial charge is 0.459 e. The highest BCUT2D eigenvalue weighted by Crippen LogP contribution is 2.24. The lowest BCUT2D eigenvalue weighted by Crippen LogP contribution is -2.49. The third-order valence-corrected chi connectivity index (χ3v) is 4.94. The Morgan fingerprint density at radius 2 is 2.12 bits per heavy atom. The number of fused-ring (bicyclic) bond motifs is 1. The van der Waals surface area contributed by atoms with E-state index in [4.69, 9.17) is 8.94 Å². The van der Waals surface area contributed by atoms with E-state index in [0.717, 1.165) is 49.8 Å². The number of amides is 2. The Bertz CT molecular complexity index is 765. The molecule has 1 unspecified atom stereocenters. The average Bonchev–Trinajstić information content (AvgIpc) is 3.31. The second-order valence-corrected chi connectivity index (χ2v) is 6.69. The lowest BCUT2D eigenvalue weighted by Gasteiger charge is -2.32. The third kappa shape index (κ3) is 3.18. The number of piperidine rings is 1. The number of rotatable bonds is 3. The van der Waals surface area contributed by atoms with Crippen LogP contribution in [0.15, 0.2) is 27.3 Å². The van der Waals surface area contributed by atoms with E-state index in [2.05, 4.69) is 10.5 Å². The highest BCUT2D eigenvalue weighted by Gasteiger charge is 2.29. The van der Waals surface area contributed by atoms with Gasteiger partial charge >= 0.3 is 0 Å². The topological polar surface area (TPSA) is 88.6 Å². The maximum atomic E-state index is 12.6. The first-order valence-electron chi connectivity index (χ1n) is 8.83. The molecule has 1 atom stereocenters. The zero-order valence-corrected chi connectivity index (χ0v) is 14.0. The normalized spacial score (nSPS) is 20.2. The number of nitrogens with one attached hydrogen (secondary N) is 1. The third-order valence-electron chi connectivity index (χ3n) is 4.94. The van der Waals surface area contributed by atoms with Crippen LogP contribution in [0.5, 0.6) is 0 Å². The van der Waals surface area contributed by atoms with Crippen LogP contribution in [0.4, 0.5) is 0 Å². The number of hydrogen-bond donors (Lipinski definition) is 1. The summed E-state index contributed by atoms with van der Waals surface area (Å²) in [5.41, 5.74) is 1.86. The van der Waals surface area contributed by atoms with Crippen molar-refractivity contribution in [3.8, 4) is 0 Å². The van der Waals surface area contributed by atoms with E-state index in [0.29, 0.717) is 24.6 Å². The highest BCUT2D eigenvalue weighted by molar-refractivity contribution is 5.94. The number of furan rings is 1. The van der Waals surface area contributed by atoms with Crippen LogP contribution in [0.3, 0.4) is 0 Å². The molecule has 1 N–H and O–H groups in total. The predicted octanol–water partition coefficient (Wildman–Crippen LogP) is 2.18. The molecule has 7 nitrogen and oxygen atoms in total. The van der Waals surface area contributed by atoms with E-state index in [1.165, 1.54) is 6.26 Å². The van der Waals surface area contributed by atoms with Crippen molar-refractivity contribution in [3.63, 3.8) is 0 Å². The quantitative estimate of drug-likeness (QED) is 0.923. The van der Waals surface area contributed by atoms with E-state index in [1.807, 2.05) is 0 Å². The van der Waals surface area contributed by atoms with Crippen molar-refractivity contribution >= 4 is 11.8 Å². The van der Waals surface area contributed by atoms with Gasteiger partial charge in [0, 0.05) is 24.7 Å². The smallest absolute Gasteiger partial charge is 0.290 e. The van der Waals surface area contributed by atoms with Crippen molar-refractivity contribution in [2.75, 3.05) is 13.1 Å². The molecule has 0 saturated carbocycles. The molecule has 2 amide bonds. The molecule has 2 aromatic heterocycles. The Morgan fingerprint density at radius 1 is 1.24 bits per heavy atom. The number of likely N-dealkylation sites (tertiary alicyclic amines) is 1. The van der Waals surface area contributed by atoms with Gasteiger partial charge in [-0.1, -0.05) is 5.16 Å². The Morgan fingerprint density at radius 3 is 2.96 bits per heavy atom. The number of hydrogen-bond acceptors (Lipinski definition) is 5. The van der Waals surface area contributed by atoms with Crippen LogP contribution in [0.25, 0.3) is 0 Å². The fourth-order valence-corrected chi connectivity index (χ4v) is 3.66. The molecular formula is C18H21N3O4. The van der Waals surface area contributed by atoms with Gasteiger partial charge in [-0.05, 0) is 50.7 Å². The number of aryl methyl sites for hydroxylation is 1. The van der Waals surface area contributed by atoms with Gasteiger partial charge in [-0.25, -0.2) is 0 Å². The number of nitrogens with zero attached hydrogens (tertiary/aromatic N) is 2. The lowest BCUT2D eigenvalue weighted by molar-refractivity contribution is 0.0642. The van der Waals surface area contributed by atoms with Crippen molar-refractivity contribution in [3.05, 3.63) is 41.2 Å². The fourth-order valence-electron chi connectivity index (χ4n) is 3.66. The van der Waals surface area contributed by atoms with E-state index < -0.39 is 0 Å². The van der Waals surface area contributed by atoms with Gasteiger partial charge in [-0.15, -0.1) is 0 Å². The molecule has 132 valence electrons. The van der Waals surface area contributed by atoms with Crippen molar-refractivity contribution < 1.29 is 18.5 Å². The first-order valence-corrected chi connectivity index (χ1v) is 8.83. The Hall–Kier alpha value is -2.57. The zero-order chi connectivity index (χ0) is 17.2. The van der Waals surface area contributed by atoms with Gasteiger partial charge in [-0.3, -0.25) is 9.59 Å². The lowest BCUT2D eigenvalue weighted by atomic mass is 9.96. The summed E-state index contributed by atoms with van der Waals surface area (Å²) in [6.45, 7) is 1.14. The zero-order valence-electron chi connectivity index (χ0n) is 14.0. The van der Waals surface area contributed by atoms with Gasteiger partial charge in [-0.2, -0.15) is 0 Å². The molecule has 3 heterocycles. The number of aromatic nitrogens is 1. The summed E-state index contributed by atoms with van der Waals surface area (Å²) in [6, 6.07) is 3.26. The summed E-state index contributed by atoms with van der Waals surface area (Å²) in [4.78, 5) is 26.7. The summed E-state index contributed by atoms with van der Waals surface area (Å²) in [5, 5.41) is 7.04. The molecule has 0 spiro atoms. The van der Waals surface area contributed by atoms with Crippen LogP contribution < -0.4 is 5.32 Å². The first-order chi connectivity index (χ1) is 12.2. The van der Waals surface area contributed by atoms with E-state index in [-0.39, 0.29) is 17.9 Å². The minimum Gasteiger partial charge on any atom is -0.459 e. The standard InChI is InChI=1S/C18H21N3O4/c22-17(16-13-6-1-2-7-14(13)20-25-16)19-12-5-3-9-21(11-12)18(23)15-8-4-10-24-15/h4,8,10,12H,1-3,5-7,9,11H2,(H,19,22). The summed E-state index contributed by atoms with van der Waals surface area (Å²) < 4.78 is 10.5. The van der Waals surface area contributed by atoms with Gasteiger partial charge in [0.1, 0.15) is 0 Å². The minimum absolute atomic E-state index is 0.0931. The molecule has 0 radical (unpaired) electrons. The Kier molecular flexibility index (Phi) is 4.29. The van der Waals surface area contributed by atoms with Crippen molar-refractivity contribution in [1.29, 1.82) is 0 Å². The summed E-state index contributed by atoms with van der Waals surface area (Å²) >= 11 is 0. The summed E-state index contributed by atoms with van der Waals surface area (Å²) in [6.07, 6.45) is 7.03. The van der Waals surface area contributed by atoms with Gasteiger partial charge < -0.3 is 19.2 Å². The molecule has 0 aromatic carbocycles. The first kappa shape index (κ1) is 15.9. The Labute approximate surface area is 145 Å². The van der Waals surface area contributed by atoms with Gasteiger partial charge in [0.15, 0.2) is 5.76 Å². The maximum Gasteiger partial charge on any atom is 0.290 e. The van der Waals surface area contributed by atoms with Crippen molar-refractivity contribution in [2.24, 2.45) is 0 Å². The van der Waals surface area contributed by atoms with Crippen molar-refractivity contribution in [2.45, 2.75) is 44.6 Å². The number of carbonyl (C=O) groups excluding carboxylic acids is 2. The summed E-state index contributed by atoms with van der Waals surface area (Å²) in [7, 11) is 0. The Balaban J connectivity index is 1.41. The molecule has 25 heavy (non-hydrogen) atoms. The molecule has 4 rings (SSSR count). The summed E-state index contributed by atoms with van der Waals surface area (Å²) in [5.74, 6) is 0.300. The van der Waals surface area contributed by atoms with E-state index in [9.17, 15) is 9.59 Å². The molecule has 2 aliphatic rings. The average molecular weight is 343 g/mol. The van der Waals surface area contributed by atoms with E-state index in [1.54, 1.807) is 17.0 Å².